The molecule has 1 aromatic rings. The lowest BCUT2D eigenvalue weighted by Gasteiger charge is -2.14. The minimum absolute atomic E-state index is 0.139. The number of imide groups is 1. The van der Waals surface area contributed by atoms with Crippen molar-refractivity contribution in [2.24, 2.45) is 5.92 Å². The summed E-state index contributed by atoms with van der Waals surface area (Å²) in [6.45, 7) is 0. The number of hydrogen-bond acceptors (Lipinski definition) is 3. The lowest BCUT2D eigenvalue weighted by atomic mass is 10.1. The summed E-state index contributed by atoms with van der Waals surface area (Å²) in [5.74, 6) is -3.91. The Balaban J connectivity index is 0.000000136. The number of rotatable bonds is 0. The minimum Gasteiger partial charge on any atom is -0.336 e. The Hall–Kier alpha value is -2.31. The lowest BCUT2D eigenvalue weighted by Crippen LogP contribution is -2.31. The van der Waals surface area contributed by atoms with Gasteiger partial charge in [0.2, 0.25) is 5.91 Å². The molecule has 1 aromatic carbocycles. The molecule has 1 saturated carbocycles. The van der Waals surface area contributed by atoms with Crippen molar-refractivity contribution in [3.05, 3.63) is 35.4 Å². The number of carbonyl (C=O) groups is 3. The zero-order valence-electron chi connectivity index (χ0n) is 12.5. The number of likely N-dealkylation sites (tertiary alicyclic amines) is 1. The molecule has 7 heteroatoms. The van der Waals surface area contributed by atoms with Crippen LogP contribution in [0.3, 0.4) is 0 Å². The van der Waals surface area contributed by atoms with Gasteiger partial charge in [-0.2, -0.15) is 0 Å². The second-order valence-electron chi connectivity index (χ2n) is 5.95. The molecule has 2 unspecified atom stereocenters. The van der Waals surface area contributed by atoms with E-state index in [-0.39, 0.29) is 17.7 Å². The van der Waals surface area contributed by atoms with Crippen LogP contribution in [0.2, 0.25) is 0 Å². The van der Waals surface area contributed by atoms with Crippen LogP contribution in [-0.4, -0.2) is 41.6 Å². The molecule has 2 heterocycles. The Kier molecular flexibility index (Phi) is 3.66. The molecule has 122 valence electrons. The van der Waals surface area contributed by atoms with Gasteiger partial charge in [0, 0.05) is 13.5 Å². The van der Waals surface area contributed by atoms with Crippen molar-refractivity contribution in [2.45, 2.75) is 31.2 Å². The normalized spacial score (nSPS) is 27.3. The zero-order valence-corrected chi connectivity index (χ0v) is 12.5. The van der Waals surface area contributed by atoms with E-state index in [1.165, 1.54) is 11.9 Å². The van der Waals surface area contributed by atoms with Crippen molar-refractivity contribution in [3.8, 4) is 0 Å². The molecule has 2 aliphatic heterocycles. The largest absolute Gasteiger partial charge is 0.336 e. The maximum atomic E-state index is 12.9. The van der Waals surface area contributed by atoms with Gasteiger partial charge in [0.25, 0.3) is 17.7 Å². The number of halogens is 2. The highest BCUT2D eigenvalue weighted by atomic mass is 19.3. The molecule has 3 aliphatic rings. The molecule has 0 spiro atoms. The molecule has 0 bridgehead atoms. The first-order valence-corrected chi connectivity index (χ1v) is 7.42. The third-order valence-electron chi connectivity index (χ3n) is 4.52. The molecule has 0 radical (unpaired) electrons. The predicted molar refractivity (Wildman–Crippen MR) is 77.1 cm³/mol. The van der Waals surface area contributed by atoms with Gasteiger partial charge in [-0.15, -0.1) is 0 Å². The van der Waals surface area contributed by atoms with Gasteiger partial charge in [-0.3, -0.25) is 19.7 Å². The van der Waals surface area contributed by atoms with Crippen molar-refractivity contribution in [3.63, 3.8) is 0 Å². The third-order valence-corrected chi connectivity index (χ3v) is 4.52. The second kappa shape index (κ2) is 5.40. The fraction of sp³-hybridized carbons (Fsp3) is 0.438. The Labute approximate surface area is 131 Å². The van der Waals surface area contributed by atoms with E-state index in [2.05, 4.69) is 5.32 Å². The van der Waals surface area contributed by atoms with Gasteiger partial charge in [0.05, 0.1) is 17.0 Å². The number of nitrogens with one attached hydrogen (secondary N) is 1. The van der Waals surface area contributed by atoms with Gasteiger partial charge in [-0.1, -0.05) is 12.1 Å². The number of benzene rings is 1. The summed E-state index contributed by atoms with van der Waals surface area (Å²) in [5.41, 5.74) is 0.940. The smallest absolute Gasteiger partial charge is 0.273 e. The number of nitrogens with zero attached hydrogens (tertiary/aromatic N) is 1. The van der Waals surface area contributed by atoms with E-state index >= 15 is 0 Å². The van der Waals surface area contributed by atoms with Crippen molar-refractivity contribution in [1.82, 2.24) is 10.2 Å². The Morgan fingerprint density at radius 3 is 2.26 bits per heavy atom. The van der Waals surface area contributed by atoms with Crippen LogP contribution < -0.4 is 5.32 Å². The fourth-order valence-corrected chi connectivity index (χ4v) is 3.17. The van der Waals surface area contributed by atoms with Gasteiger partial charge in [0.15, 0.2) is 0 Å². The number of alkyl halides is 2. The highest BCUT2D eigenvalue weighted by molar-refractivity contribution is 6.21. The average Bonchev–Trinajstić information content (AvgIpc) is 3.00. The monoisotopic (exact) mass is 322 g/mol. The summed E-state index contributed by atoms with van der Waals surface area (Å²) in [6.07, 6.45) is 1.53. The van der Waals surface area contributed by atoms with Crippen LogP contribution in [0.25, 0.3) is 0 Å². The van der Waals surface area contributed by atoms with E-state index in [4.69, 9.17) is 0 Å². The summed E-state index contributed by atoms with van der Waals surface area (Å²) < 4.78 is 25.8. The maximum Gasteiger partial charge on any atom is 0.273 e. The quantitative estimate of drug-likeness (QED) is 0.741. The summed E-state index contributed by atoms with van der Waals surface area (Å²) >= 11 is 0. The molecule has 4 rings (SSSR count). The van der Waals surface area contributed by atoms with E-state index in [9.17, 15) is 23.2 Å². The van der Waals surface area contributed by atoms with Crippen LogP contribution in [0.5, 0.6) is 0 Å². The van der Waals surface area contributed by atoms with E-state index in [0.29, 0.717) is 30.4 Å². The molecule has 1 aliphatic carbocycles. The van der Waals surface area contributed by atoms with E-state index < -0.39 is 17.9 Å². The van der Waals surface area contributed by atoms with Crippen molar-refractivity contribution >= 4 is 17.7 Å². The number of amides is 3. The highest BCUT2D eigenvalue weighted by Crippen LogP contribution is 2.55. The first-order valence-electron chi connectivity index (χ1n) is 7.42. The Morgan fingerprint density at radius 2 is 1.70 bits per heavy atom. The van der Waals surface area contributed by atoms with Crippen LogP contribution in [0.4, 0.5) is 8.78 Å². The zero-order chi connectivity index (χ0) is 16.8. The first kappa shape index (κ1) is 15.6. The number of carbonyl (C=O) groups excluding carboxylic acids is 3. The average molecular weight is 322 g/mol. The van der Waals surface area contributed by atoms with Gasteiger partial charge in [-0.05, 0) is 25.0 Å². The Morgan fingerprint density at radius 1 is 1.13 bits per heavy atom. The molecule has 2 fully saturated rings. The molecular weight excluding hydrogens is 306 g/mol. The summed E-state index contributed by atoms with van der Waals surface area (Å²) in [7, 11) is 1.48. The van der Waals surface area contributed by atoms with Crippen LogP contribution in [0, 0.1) is 5.92 Å². The molecule has 23 heavy (non-hydrogen) atoms. The molecule has 1 saturated heterocycles. The number of hydrogen-bond donors (Lipinski definition) is 1. The van der Waals surface area contributed by atoms with E-state index in [1.807, 2.05) is 0 Å². The first-order chi connectivity index (χ1) is 10.8. The highest BCUT2D eigenvalue weighted by Gasteiger charge is 2.70. The van der Waals surface area contributed by atoms with E-state index in [1.54, 1.807) is 24.3 Å². The van der Waals surface area contributed by atoms with Gasteiger partial charge < -0.3 is 4.90 Å². The predicted octanol–water partition coefficient (Wildman–Crippen LogP) is 1.83. The van der Waals surface area contributed by atoms with E-state index in [0.717, 1.165) is 0 Å². The van der Waals surface area contributed by atoms with Crippen molar-refractivity contribution in [2.75, 3.05) is 7.05 Å². The van der Waals surface area contributed by atoms with Gasteiger partial charge >= 0.3 is 0 Å². The lowest BCUT2D eigenvalue weighted by molar-refractivity contribution is -0.131. The minimum atomic E-state index is -2.61. The maximum absolute atomic E-state index is 12.9. The van der Waals surface area contributed by atoms with Gasteiger partial charge in [-0.25, -0.2) is 8.78 Å². The second-order valence-corrected chi connectivity index (χ2v) is 5.95. The molecule has 3 amide bonds. The topological polar surface area (TPSA) is 66.5 Å². The van der Waals surface area contributed by atoms with Crippen LogP contribution in [0.1, 0.15) is 40.0 Å². The van der Waals surface area contributed by atoms with Crippen LogP contribution >= 0.6 is 0 Å². The summed E-state index contributed by atoms with van der Waals surface area (Å²) in [4.78, 5) is 34.2. The fourth-order valence-electron chi connectivity index (χ4n) is 3.17. The Bertz CT molecular complexity index is 657. The van der Waals surface area contributed by atoms with Crippen LogP contribution in [0.15, 0.2) is 24.3 Å². The molecular formula is C16H16F2N2O3. The summed E-state index contributed by atoms with van der Waals surface area (Å²) in [5, 5.41) is 2.20. The van der Waals surface area contributed by atoms with Gasteiger partial charge in [0.1, 0.15) is 6.04 Å². The molecule has 2 atom stereocenters. The van der Waals surface area contributed by atoms with Crippen molar-refractivity contribution < 1.29 is 23.2 Å². The molecule has 0 aromatic heterocycles. The number of fused-ring (bicyclic) bond motifs is 2. The summed E-state index contributed by atoms with van der Waals surface area (Å²) in [6, 6.07) is 5.94. The molecule has 1 N–H and O–H groups in total. The SMILES string of the molecule is CN1C(=O)CCCC2C1C2(F)F.O=C1NC(=O)c2ccccc21. The van der Waals surface area contributed by atoms with Crippen LogP contribution in [-0.2, 0) is 4.79 Å². The third kappa shape index (κ3) is 2.60. The standard InChI is InChI=1S/C8H11F2NO.C8H5NO2/c1-11-6(12)4-2-3-5-7(11)8(5,9)10;10-7-5-3-1-2-4-6(5)8(11)9-7/h5,7H,2-4H2,1H3;1-4H,(H,9,10,11). The molecule has 5 nitrogen and oxygen atoms in total. The van der Waals surface area contributed by atoms with Crippen molar-refractivity contribution in [1.29, 1.82) is 0 Å².